The molecule has 0 spiro atoms. The Balaban J connectivity index is 1.45. The first-order valence-electron chi connectivity index (χ1n) is 16.4. The van der Waals surface area contributed by atoms with E-state index in [-0.39, 0.29) is 5.04 Å². The van der Waals surface area contributed by atoms with Gasteiger partial charge in [-0.1, -0.05) is 130 Å². The van der Waals surface area contributed by atoms with E-state index in [1.807, 2.05) is 42.5 Å². The molecule has 0 N–H and O–H groups in total. The van der Waals surface area contributed by atoms with Crippen molar-refractivity contribution in [2.24, 2.45) is 0 Å². The highest BCUT2D eigenvalue weighted by molar-refractivity contribution is 6.74. The number of hydrogen-bond acceptors (Lipinski definition) is 5. The molecule has 0 amide bonds. The average molecular weight is 649 g/mol. The number of benzene rings is 4. The maximum Gasteiger partial charge on any atom is 0.193 e. The van der Waals surface area contributed by atoms with Gasteiger partial charge in [0.2, 0.25) is 0 Å². The molecule has 1 aliphatic heterocycles. The second-order valence-electron chi connectivity index (χ2n) is 13.7. The zero-order chi connectivity index (χ0) is 33.4. The summed E-state index contributed by atoms with van der Waals surface area (Å²) in [6.45, 7) is 12.3. The van der Waals surface area contributed by atoms with E-state index in [9.17, 15) is 0 Å². The second kappa shape index (κ2) is 15.0. The predicted molar refractivity (Wildman–Crippen MR) is 191 cm³/mol. The van der Waals surface area contributed by atoms with Crippen molar-refractivity contribution in [2.45, 2.75) is 69.2 Å². The summed E-state index contributed by atoms with van der Waals surface area (Å²) in [6, 6.07) is 39.1. The van der Waals surface area contributed by atoms with Gasteiger partial charge in [0.25, 0.3) is 0 Å². The maximum atomic E-state index is 7.26. The SMILES string of the molecule is COc1ccc(C2OC[C@](CCC#CCO[Si](C)(C)C(C)(C)C)(COC(c3ccccc3)(c3ccccc3)c3ccccc3)O2)cc1. The van der Waals surface area contributed by atoms with Crippen molar-refractivity contribution < 1.29 is 23.4 Å². The highest BCUT2D eigenvalue weighted by Crippen LogP contribution is 2.44. The van der Waals surface area contributed by atoms with Gasteiger partial charge in [-0.2, -0.15) is 0 Å². The Morgan fingerprint density at radius 1 is 0.766 bits per heavy atom. The Bertz CT molecular complexity index is 1510. The molecule has 47 heavy (non-hydrogen) atoms. The summed E-state index contributed by atoms with van der Waals surface area (Å²) in [5.74, 6) is 7.42. The highest BCUT2D eigenvalue weighted by atomic mass is 28.4. The van der Waals surface area contributed by atoms with Crippen molar-refractivity contribution in [3.63, 3.8) is 0 Å². The average Bonchev–Trinajstić information content (AvgIpc) is 3.52. The summed E-state index contributed by atoms with van der Waals surface area (Å²) in [6.07, 6.45) is 0.734. The lowest BCUT2D eigenvalue weighted by atomic mass is 9.80. The van der Waals surface area contributed by atoms with E-state index in [0.717, 1.165) is 28.0 Å². The van der Waals surface area contributed by atoms with Crippen LogP contribution in [0.5, 0.6) is 5.75 Å². The molecule has 246 valence electrons. The molecule has 0 bridgehead atoms. The van der Waals surface area contributed by atoms with E-state index in [2.05, 4.69) is 119 Å². The van der Waals surface area contributed by atoms with Crippen LogP contribution in [0.25, 0.3) is 0 Å². The summed E-state index contributed by atoms with van der Waals surface area (Å²) in [5.41, 5.74) is 2.45. The van der Waals surface area contributed by atoms with Crippen LogP contribution in [0.2, 0.25) is 18.1 Å². The Hall–Kier alpha value is -3.70. The van der Waals surface area contributed by atoms with Gasteiger partial charge in [-0.15, -0.1) is 5.92 Å². The van der Waals surface area contributed by atoms with Crippen LogP contribution >= 0.6 is 0 Å². The molecule has 5 rings (SSSR count). The van der Waals surface area contributed by atoms with Crippen molar-refractivity contribution in [3.8, 4) is 17.6 Å². The molecule has 2 atom stereocenters. The molecular weight excluding hydrogens is 601 g/mol. The summed E-state index contributed by atoms with van der Waals surface area (Å²) >= 11 is 0. The van der Waals surface area contributed by atoms with E-state index in [1.54, 1.807) is 7.11 Å². The van der Waals surface area contributed by atoms with E-state index in [0.29, 0.717) is 32.7 Å². The quantitative estimate of drug-likeness (QED) is 0.0871. The molecule has 0 saturated carbocycles. The molecule has 1 saturated heterocycles. The van der Waals surface area contributed by atoms with Crippen LogP contribution in [0.15, 0.2) is 115 Å². The Labute approximate surface area is 282 Å². The van der Waals surface area contributed by atoms with E-state index in [1.165, 1.54) is 0 Å². The van der Waals surface area contributed by atoms with E-state index < -0.39 is 25.8 Å². The van der Waals surface area contributed by atoms with Crippen molar-refractivity contribution in [3.05, 3.63) is 138 Å². The van der Waals surface area contributed by atoms with Gasteiger partial charge in [-0.3, -0.25) is 0 Å². The third-order valence-corrected chi connectivity index (χ3v) is 14.0. The van der Waals surface area contributed by atoms with Crippen LogP contribution in [0.3, 0.4) is 0 Å². The first-order valence-corrected chi connectivity index (χ1v) is 19.3. The number of rotatable bonds is 12. The van der Waals surface area contributed by atoms with Crippen LogP contribution in [-0.2, 0) is 24.2 Å². The molecule has 4 aromatic rings. The topological polar surface area (TPSA) is 46.2 Å². The first kappa shape index (κ1) is 34.6. The maximum absolute atomic E-state index is 7.26. The Morgan fingerprint density at radius 2 is 1.30 bits per heavy atom. The summed E-state index contributed by atoms with van der Waals surface area (Å²) in [5, 5.41) is 0.143. The fraction of sp³-hybridized carbons (Fsp3) is 0.366. The molecule has 0 aliphatic carbocycles. The normalized spacial score (nSPS) is 18.4. The third kappa shape index (κ3) is 8.06. The fourth-order valence-corrected chi connectivity index (χ4v) is 6.46. The lowest BCUT2D eigenvalue weighted by molar-refractivity contribution is -0.137. The van der Waals surface area contributed by atoms with Gasteiger partial charge in [0.05, 0.1) is 26.9 Å². The van der Waals surface area contributed by atoms with Gasteiger partial charge in [0.1, 0.15) is 17.0 Å². The zero-order valence-corrected chi connectivity index (χ0v) is 29.6. The Kier molecular flexibility index (Phi) is 11.1. The molecule has 0 radical (unpaired) electrons. The lowest BCUT2D eigenvalue weighted by Crippen LogP contribution is -2.43. The van der Waals surface area contributed by atoms with Crippen LogP contribution in [-0.4, -0.2) is 40.8 Å². The molecule has 0 aromatic heterocycles. The predicted octanol–water partition coefficient (Wildman–Crippen LogP) is 9.29. The fourth-order valence-electron chi connectivity index (χ4n) is 5.60. The minimum absolute atomic E-state index is 0.143. The highest BCUT2D eigenvalue weighted by Gasteiger charge is 2.46. The van der Waals surface area contributed by atoms with E-state index >= 15 is 0 Å². The molecular formula is C41H48O5Si. The Morgan fingerprint density at radius 3 is 1.79 bits per heavy atom. The third-order valence-electron chi connectivity index (χ3n) is 9.48. The first-order chi connectivity index (χ1) is 22.6. The van der Waals surface area contributed by atoms with Gasteiger partial charge < -0.3 is 23.4 Å². The molecule has 1 aliphatic rings. The smallest absolute Gasteiger partial charge is 0.193 e. The van der Waals surface area contributed by atoms with Crippen LogP contribution in [0.4, 0.5) is 0 Å². The molecule has 1 unspecified atom stereocenters. The molecule has 5 nitrogen and oxygen atoms in total. The minimum atomic E-state index is -1.87. The van der Waals surface area contributed by atoms with Crippen molar-refractivity contribution in [1.29, 1.82) is 0 Å². The van der Waals surface area contributed by atoms with Gasteiger partial charge >= 0.3 is 0 Å². The molecule has 6 heteroatoms. The summed E-state index contributed by atoms with van der Waals surface area (Å²) in [4.78, 5) is 0. The largest absolute Gasteiger partial charge is 0.497 e. The second-order valence-corrected chi connectivity index (χ2v) is 18.5. The standard InChI is InChI=1S/C41H48O5Si/c1-39(2,3)47(5,6)45-30-18-10-17-29-40(31-43-38(46-40)33-25-27-37(42-4)28-26-33)32-44-41(34-19-11-7-12-20-34,35-21-13-8-14-22-35)36-23-15-9-16-24-36/h7-9,11-16,19-28,38H,17,29-32H2,1-6H3/t38?,40-/m1/s1. The van der Waals surface area contributed by atoms with Crippen LogP contribution in [0.1, 0.15) is 62.2 Å². The monoisotopic (exact) mass is 648 g/mol. The summed E-state index contributed by atoms with van der Waals surface area (Å²) in [7, 11) is -0.202. The lowest BCUT2D eigenvalue weighted by Gasteiger charge is -2.39. The zero-order valence-electron chi connectivity index (χ0n) is 28.6. The van der Waals surface area contributed by atoms with Gasteiger partial charge in [-0.25, -0.2) is 0 Å². The number of ether oxygens (including phenoxy) is 4. The van der Waals surface area contributed by atoms with Crippen molar-refractivity contribution in [2.75, 3.05) is 26.9 Å². The number of hydrogen-bond donors (Lipinski definition) is 0. The van der Waals surface area contributed by atoms with Gasteiger partial charge in [-0.05, 0) is 53.4 Å². The molecule has 1 fully saturated rings. The number of methoxy groups -OCH3 is 1. The summed E-state index contributed by atoms with van der Waals surface area (Å²) < 4.78 is 32.1. The molecule has 1 heterocycles. The van der Waals surface area contributed by atoms with Gasteiger partial charge in [0, 0.05) is 12.0 Å². The van der Waals surface area contributed by atoms with Crippen molar-refractivity contribution in [1.82, 2.24) is 0 Å². The van der Waals surface area contributed by atoms with Crippen LogP contribution in [0, 0.1) is 11.8 Å². The minimum Gasteiger partial charge on any atom is -0.497 e. The van der Waals surface area contributed by atoms with E-state index in [4.69, 9.17) is 23.4 Å². The van der Waals surface area contributed by atoms with Crippen LogP contribution < -0.4 is 4.74 Å². The van der Waals surface area contributed by atoms with Gasteiger partial charge in [0.15, 0.2) is 14.6 Å². The van der Waals surface area contributed by atoms with Crippen molar-refractivity contribution >= 4 is 8.32 Å². The molecule has 4 aromatic carbocycles.